The van der Waals surface area contributed by atoms with E-state index < -0.39 is 0 Å². The maximum absolute atomic E-state index is 5.98. The fourth-order valence-corrected chi connectivity index (χ4v) is 3.53. The fraction of sp³-hybridized carbons (Fsp3) is 0.333. The summed E-state index contributed by atoms with van der Waals surface area (Å²) in [5.74, 6) is 0.387. The lowest BCUT2D eigenvalue weighted by Crippen LogP contribution is -2.09. The molecule has 0 N–H and O–H groups in total. The summed E-state index contributed by atoms with van der Waals surface area (Å²) in [6.45, 7) is 11.1. The third-order valence-corrected chi connectivity index (χ3v) is 4.82. The van der Waals surface area contributed by atoms with Crippen LogP contribution in [0.25, 0.3) is 33.2 Å². The number of nitrogens with zero attached hydrogens (tertiary/aromatic N) is 2. The van der Waals surface area contributed by atoms with E-state index in [9.17, 15) is 0 Å². The van der Waals surface area contributed by atoms with E-state index in [1.54, 1.807) is 0 Å². The molecule has 0 radical (unpaired) electrons. The van der Waals surface area contributed by atoms with Crippen molar-refractivity contribution in [1.29, 1.82) is 0 Å². The molecule has 0 aliphatic carbocycles. The molecular formula is C24H26N2O. The molecule has 138 valence electrons. The van der Waals surface area contributed by atoms with Crippen molar-refractivity contribution < 1.29 is 4.42 Å². The Bertz CT molecular complexity index is 1120. The van der Waals surface area contributed by atoms with Gasteiger partial charge in [-0.15, -0.1) is 0 Å². The Balaban J connectivity index is 1.82. The lowest BCUT2D eigenvalue weighted by atomic mass is 9.88. The van der Waals surface area contributed by atoms with Crippen molar-refractivity contribution in [3.63, 3.8) is 0 Å². The van der Waals surface area contributed by atoms with E-state index in [0.717, 1.165) is 45.3 Å². The molecule has 0 atom stereocenters. The molecule has 0 spiro atoms. The van der Waals surface area contributed by atoms with E-state index in [0.29, 0.717) is 5.92 Å². The van der Waals surface area contributed by atoms with Gasteiger partial charge in [0.15, 0.2) is 5.58 Å². The van der Waals surface area contributed by atoms with Gasteiger partial charge in [0.25, 0.3) is 0 Å². The van der Waals surface area contributed by atoms with Crippen molar-refractivity contribution in [2.45, 2.75) is 47.0 Å². The fourth-order valence-electron chi connectivity index (χ4n) is 3.53. The number of fused-ring (bicyclic) bond motifs is 3. The van der Waals surface area contributed by atoms with Crippen molar-refractivity contribution in [2.75, 3.05) is 0 Å². The highest BCUT2D eigenvalue weighted by molar-refractivity contribution is 6.06. The number of benzene rings is 1. The number of aromatic nitrogens is 2. The standard InChI is InChI=1S/C24H26N2O/c1-15(2)20-12-19-18-11-17(6-7-22(18)27-23(19)14-26-20)21-10-16(8-9-25-21)13-24(3,4)5/h6-12,14-15H,13H2,1-5H3. The van der Waals surface area contributed by atoms with E-state index in [1.807, 2.05) is 18.5 Å². The average Bonchev–Trinajstić information content (AvgIpc) is 2.97. The van der Waals surface area contributed by atoms with Crippen LogP contribution in [0.4, 0.5) is 0 Å². The first-order valence-electron chi connectivity index (χ1n) is 9.58. The van der Waals surface area contributed by atoms with Crippen molar-refractivity contribution in [3.05, 3.63) is 60.0 Å². The van der Waals surface area contributed by atoms with Gasteiger partial charge in [0.1, 0.15) is 5.58 Å². The largest absolute Gasteiger partial charge is 0.454 e. The van der Waals surface area contributed by atoms with Crippen LogP contribution in [-0.2, 0) is 6.42 Å². The van der Waals surface area contributed by atoms with E-state index in [-0.39, 0.29) is 5.41 Å². The number of pyridine rings is 2. The molecule has 3 aromatic heterocycles. The summed E-state index contributed by atoms with van der Waals surface area (Å²) in [5, 5.41) is 2.24. The minimum Gasteiger partial charge on any atom is -0.454 e. The summed E-state index contributed by atoms with van der Waals surface area (Å²) in [6, 6.07) is 12.8. The van der Waals surface area contributed by atoms with Crippen LogP contribution < -0.4 is 0 Å². The number of rotatable bonds is 3. The molecule has 4 rings (SSSR count). The van der Waals surface area contributed by atoms with Gasteiger partial charge in [0, 0.05) is 28.2 Å². The minimum atomic E-state index is 0.254. The second-order valence-corrected chi connectivity index (χ2v) is 8.86. The molecule has 3 heteroatoms. The second kappa shape index (κ2) is 6.49. The number of furan rings is 1. The molecule has 3 heterocycles. The summed E-state index contributed by atoms with van der Waals surface area (Å²) in [5.41, 5.74) is 6.50. The van der Waals surface area contributed by atoms with Crippen molar-refractivity contribution in [1.82, 2.24) is 9.97 Å². The van der Waals surface area contributed by atoms with Crippen LogP contribution in [0.2, 0.25) is 0 Å². The summed E-state index contributed by atoms with van der Waals surface area (Å²) in [6.07, 6.45) is 4.78. The summed E-state index contributed by atoms with van der Waals surface area (Å²) < 4.78 is 5.98. The van der Waals surface area contributed by atoms with Crippen LogP contribution in [0, 0.1) is 5.41 Å². The maximum atomic E-state index is 5.98. The van der Waals surface area contributed by atoms with Gasteiger partial charge in [-0.1, -0.05) is 34.6 Å². The zero-order chi connectivity index (χ0) is 19.2. The Labute approximate surface area is 160 Å². The van der Waals surface area contributed by atoms with Gasteiger partial charge in [-0.25, -0.2) is 0 Å². The predicted molar refractivity (Wildman–Crippen MR) is 112 cm³/mol. The topological polar surface area (TPSA) is 38.9 Å². The quantitative estimate of drug-likeness (QED) is 0.406. The highest BCUT2D eigenvalue weighted by Gasteiger charge is 2.14. The smallest absolute Gasteiger partial charge is 0.153 e. The van der Waals surface area contributed by atoms with Gasteiger partial charge in [-0.05, 0) is 59.7 Å². The van der Waals surface area contributed by atoms with E-state index >= 15 is 0 Å². The molecule has 4 aromatic rings. The van der Waals surface area contributed by atoms with Crippen molar-refractivity contribution in [3.8, 4) is 11.3 Å². The first kappa shape index (κ1) is 17.7. The number of hydrogen-bond donors (Lipinski definition) is 0. The highest BCUT2D eigenvalue weighted by Crippen LogP contribution is 2.33. The molecule has 0 aliphatic rings. The van der Waals surface area contributed by atoms with Crippen LogP contribution >= 0.6 is 0 Å². The first-order chi connectivity index (χ1) is 12.8. The predicted octanol–water partition coefficient (Wildman–Crippen LogP) is 6.76. The van der Waals surface area contributed by atoms with Gasteiger partial charge in [-0.2, -0.15) is 0 Å². The van der Waals surface area contributed by atoms with E-state index in [2.05, 4.69) is 74.9 Å². The Morgan fingerprint density at radius 3 is 2.44 bits per heavy atom. The van der Waals surface area contributed by atoms with Gasteiger partial charge in [0.05, 0.1) is 11.9 Å². The Morgan fingerprint density at radius 2 is 1.70 bits per heavy atom. The molecule has 1 aromatic carbocycles. The molecule has 27 heavy (non-hydrogen) atoms. The van der Waals surface area contributed by atoms with Crippen molar-refractivity contribution in [2.24, 2.45) is 5.41 Å². The van der Waals surface area contributed by atoms with Crippen LogP contribution in [0.5, 0.6) is 0 Å². The van der Waals surface area contributed by atoms with Crippen LogP contribution in [0.1, 0.15) is 51.8 Å². The van der Waals surface area contributed by atoms with Crippen LogP contribution in [0.15, 0.2) is 53.2 Å². The zero-order valence-electron chi connectivity index (χ0n) is 16.7. The van der Waals surface area contributed by atoms with E-state index in [4.69, 9.17) is 4.42 Å². The lowest BCUT2D eigenvalue weighted by Gasteiger charge is -2.18. The third kappa shape index (κ3) is 3.59. The molecule has 0 aliphatic heterocycles. The molecule has 0 amide bonds. The highest BCUT2D eigenvalue weighted by atomic mass is 16.3. The monoisotopic (exact) mass is 358 g/mol. The molecule has 0 unspecified atom stereocenters. The minimum absolute atomic E-state index is 0.254. The Hall–Kier alpha value is -2.68. The second-order valence-electron chi connectivity index (χ2n) is 8.86. The normalized spacial score (nSPS) is 12.4. The van der Waals surface area contributed by atoms with Gasteiger partial charge in [0.2, 0.25) is 0 Å². The number of hydrogen-bond acceptors (Lipinski definition) is 3. The molecule has 0 bridgehead atoms. The molecule has 0 saturated heterocycles. The average molecular weight is 358 g/mol. The molecule has 0 fully saturated rings. The van der Waals surface area contributed by atoms with E-state index in [1.165, 1.54) is 5.56 Å². The van der Waals surface area contributed by atoms with Crippen molar-refractivity contribution >= 4 is 21.9 Å². The zero-order valence-corrected chi connectivity index (χ0v) is 16.7. The Morgan fingerprint density at radius 1 is 0.926 bits per heavy atom. The van der Waals surface area contributed by atoms with Gasteiger partial charge < -0.3 is 4.42 Å². The molecular weight excluding hydrogens is 332 g/mol. The maximum Gasteiger partial charge on any atom is 0.153 e. The van der Waals surface area contributed by atoms with Gasteiger partial charge >= 0.3 is 0 Å². The molecule has 3 nitrogen and oxygen atoms in total. The third-order valence-electron chi connectivity index (χ3n) is 4.82. The molecule has 0 saturated carbocycles. The van der Waals surface area contributed by atoms with Crippen LogP contribution in [0.3, 0.4) is 0 Å². The lowest BCUT2D eigenvalue weighted by molar-refractivity contribution is 0.411. The summed E-state index contributed by atoms with van der Waals surface area (Å²) in [4.78, 5) is 9.14. The Kier molecular flexibility index (Phi) is 4.26. The SMILES string of the molecule is CC(C)c1cc2c(cn1)oc1ccc(-c3cc(CC(C)(C)C)ccn3)cc12. The summed E-state index contributed by atoms with van der Waals surface area (Å²) >= 11 is 0. The van der Waals surface area contributed by atoms with Crippen LogP contribution in [-0.4, -0.2) is 9.97 Å². The summed E-state index contributed by atoms with van der Waals surface area (Å²) in [7, 11) is 0. The van der Waals surface area contributed by atoms with Gasteiger partial charge in [-0.3, -0.25) is 9.97 Å². The first-order valence-corrected chi connectivity index (χ1v) is 9.58.